The Kier molecular flexibility index (Phi) is 4.32. The lowest BCUT2D eigenvalue weighted by atomic mass is 10.1. The molecule has 0 aliphatic rings. The van der Waals surface area contributed by atoms with Gasteiger partial charge in [-0.05, 0) is 18.2 Å². The van der Waals surface area contributed by atoms with Gasteiger partial charge in [0.05, 0.1) is 11.1 Å². The Morgan fingerprint density at radius 2 is 2.17 bits per heavy atom. The minimum Gasteiger partial charge on any atom is -0.478 e. The van der Waals surface area contributed by atoms with E-state index in [2.05, 4.69) is 4.74 Å². The second kappa shape index (κ2) is 5.72. The summed E-state index contributed by atoms with van der Waals surface area (Å²) in [6, 6.07) is 3.37. The van der Waals surface area contributed by atoms with Crippen molar-refractivity contribution in [2.45, 2.75) is 6.61 Å². The quantitative estimate of drug-likeness (QED) is 0.841. The van der Waals surface area contributed by atoms with Gasteiger partial charge in [0, 0.05) is 6.08 Å². The Hall–Kier alpha value is -2.49. The molecular weight excluding hydrogens is 251 g/mol. The number of rotatable bonds is 4. The summed E-state index contributed by atoms with van der Waals surface area (Å²) in [5, 5.41) is 17.1. The molecule has 0 aromatic heterocycles. The highest BCUT2D eigenvalue weighted by Crippen LogP contribution is 2.29. The number of hydrogen-bond donors (Lipinski definition) is 1. The molecule has 4 nitrogen and oxygen atoms in total. The molecule has 0 atom stereocenters. The number of aliphatic carboxylic acids is 1. The summed E-state index contributed by atoms with van der Waals surface area (Å²) in [6.07, 6.45) is 1.30. The first-order valence-corrected chi connectivity index (χ1v) is 4.54. The molecule has 0 bridgehead atoms. The molecule has 0 saturated heterocycles. The molecule has 0 spiro atoms. The monoisotopic (exact) mass is 257 g/mol. The topological polar surface area (TPSA) is 70.3 Å². The summed E-state index contributed by atoms with van der Waals surface area (Å²) < 4.78 is 41.7. The van der Waals surface area contributed by atoms with Gasteiger partial charge in [0.1, 0.15) is 11.9 Å². The van der Waals surface area contributed by atoms with Gasteiger partial charge in [-0.2, -0.15) is 14.0 Å². The third kappa shape index (κ3) is 3.25. The van der Waals surface area contributed by atoms with Gasteiger partial charge in [0.25, 0.3) is 0 Å². The summed E-state index contributed by atoms with van der Waals surface area (Å²) in [5.41, 5.74) is -0.835. The largest absolute Gasteiger partial charge is 0.478 e. The normalized spacial score (nSPS) is 10.6. The number of ether oxygens (including phenoxy) is 1. The second-order valence-electron chi connectivity index (χ2n) is 3.00. The predicted molar refractivity (Wildman–Crippen MR) is 54.4 cm³/mol. The summed E-state index contributed by atoms with van der Waals surface area (Å²) in [5.74, 6) is -3.05. The van der Waals surface area contributed by atoms with Gasteiger partial charge in [-0.1, -0.05) is 0 Å². The van der Waals surface area contributed by atoms with Crippen LogP contribution in [0, 0.1) is 17.1 Å². The lowest BCUT2D eigenvalue weighted by Crippen LogP contribution is -2.06. The highest BCUT2D eigenvalue weighted by molar-refractivity contribution is 5.86. The van der Waals surface area contributed by atoms with Crippen LogP contribution in [0.15, 0.2) is 18.2 Å². The molecule has 0 aliphatic carbocycles. The predicted octanol–water partition coefficient (Wildman–Crippen LogP) is 2.40. The number of nitriles is 1. The number of hydrogen-bond acceptors (Lipinski definition) is 3. The average Bonchev–Trinajstić information content (AvgIpc) is 2.27. The summed E-state index contributed by atoms with van der Waals surface area (Å²) in [7, 11) is 0. The molecule has 1 aromatic rings. The molecule has 0 fully saturated rings. The Bertz CT molecular complexity index is 535. The van der Waals surface area contributed by atoms with Crippen LogP contribution in [0.25, 0.3) is 6.08 Å². The van der Waals surface area contributed by atoms with Gasteiger partial charge < -0.3 is 9.84 Å². The first kappa shape index (κ1) is 13.6. The lowest BCUT2D eigenvalue weighted by Gasteiger charge is -2.10. The molecule has 0 saturated carbocycles. The Labute approximate surface area is 99.5 Å². The Morgan fingerprint density at radius 3 is 2.67 bits per heavy atom. The second-order valence-corrected chi connectivity index (χ2v) is 3.00. The molecule has 1 aromatic carbocycles. The fourth-order valence-electron chi connectivity index (χ4n) is 1.19. The highest BCUT2D eigenvalue weighted by atomic mass is 19.3. The molecule has 0 heterocycles. The molecule has 0 aliphatic heterocycles. The van der Waals surface area contributed by atoms with E-state index < -0.39 is 29.7 Å². The number of alkyl halides is 2. The number of nitrogens with zero attached hydrogens (tertiary/aromatic N) is 1. The van der Waals surface area contributed by atoms with Gasteiger partial charge >= 0.3 is 12.6 Å². The Balaban J connectivity index is 3.36. The van der Waals surface area contributed by atoms with Crippen molar-refractivity contribution in [3.63, 3.8) is 0 Å². The molecule has 18 heavy (non-hydrogen) atoms. The van der Waals surface area contributed by atoms with Gasteiger partial charge in [-0.3, -0.25) is 0 Å². The van der Waals surface area contributed by atoms with Crippen molar-refractivity contribution in [3.05, 3.63) is 35.2 Å². The average molecular weight is 257 g/mol. The van der Waals surface area contributed by atoms with Crippen LogP contribution in [0.2, 0.25) is 0 Å². The zero-order valence-electron chi connectivity index (χ0n) is 8.73. The minimum atomic E-state index is -3.25. The Morgan fingerprint density at radius 1 is 1.50 bits per heavy atom. The van der Waals surface area contributed by atoms with E-state index in [0.717, 1.165) is 18.2 Å². The first-order valence-electron chi connectivity index (χ1n) is 4.54. The van der Waals surface area contributed by atoms with Crippen molar-refractivity contribution >= 4 is 12.0 Å². The summed E-state index contributed by atoms with van der Waals surface area (Å²) >= 11 is 0. The molecular formula is C11H6F3NO3. The van der Waals surface area contributed by atoms with Crippen LogP contribution in [-0.4, -0.2) is 17.7 Å². The smallest absolute Gasteiger partial charge is 0.387 e. The molecule has 94 valence electrons. The summed E-state index contributed by atoms with van der Waals surface area (Å²) in [4.78, 5) is 10.3. The molecule has 1 N–H and O–H groups in total. The molecule has 0 unspecified atom stereocenters. The number of carboxylic acid groups (broad SMARTS) is 1. The highest BCUT2D eigenvalue weighted by Gasteiger charge is 2.17. The molecule has 7 heteroatoms. The molecule has 0 amide bonds. The van der Waals surface area contributed by atoms with Gasteiger partial charge in [-0.15, -0.1) is 0 Å². The van der Waals surface area contributed by atoms with Crippen molar-refractivity contribution in [2.75, 3.05) is 0 Å². The van der Waals surface area contributed by atoms with Crippen LogP contribution in [0.5, 0.6) is 5.75 Å². The standard InChI is InChI=1S/C11H6F3NO3/c12-8-3-1-6(5-15)10(18-11(13)14)7(8)2-4-9(16)17/h1-4,11H,(H,16,17)/b4-2+. The van der Waals surface area contributed by atoms with E-state index >= 15 is 0 Å². The van der Waals surface area contributed by atoms with Crippen molar-refractivity contribution in [1.29, 1.82) is 5.26 Å². The van der Waals surface area contributed by atoms with Gasteiger partial charge in [0.15, 0.2) is 5.75 Å². The number of carbonyl (C=O) groups is 1. The maximum absolute atomic E-state index is 13.4. The van der Waals surface area contributed by atoms with E-state index in [1.807, 2.05) is 0 Å². The van der Waals surface area contributed by atoms with Gasteiger partial charge in [0.2, 0.25) is 0 Å². The van der Waals surface area contributed by atoms with Crippen molar-refractivity contribution in [1.82, 2.24) is 0 Å². The van der Waals surface area contributed by atoms with Gasteiger partial charge in [-0.25, -0.2) is 9.18 Å². The van der Waals surface area contributed by atoms with E-state index in [1.165, 1.54) is 0 Å². The zero-order chi connectivity index (χ0) is 13.7. The van der Waals surface area contributed by atoms with E-state index in [0.29, 0.717) is 6.08 Å². The number of benzene rings is 1. The third-order valence-electron chi connectivity index (χ3n) is 1.86. The van der Waals surface area contributed by atoms with E-state index in [4.69, 9.17) is 10.4 Å². The fraction of sp³-hybridized carbons (Fsp3) is 0.0909. The van der Waals surface area contributed by atoms with E-state index in [-0.39, 0.29) is 5.56 Å². The lowest BCUT2D eigenvalue weighted by molar-refractivity contribution is -0.131. The van der Waals surface area contributed by atoms with Crippen molar-refractivity contribution in [3.8, 4) is 11.8 Å². The van der Waals surface area contributed by atoms with Crippen LogP contribution in [0.1, 0.15) is 11.1 Å². The zero-order valence-corrected chi connectivity index (χ0v) is 8.73. The van der Waals surface area contributed by atoms with Crippen molar-refractivity contribution < 1.29 is 27.8 Å². The van der Waals surface area contributed by atoms with Crippen LogP contribution in [0.3, 0.4) is 0 Å². The maximum Gasteiger partial charge on any atom is 0.387 e. The van der Waals surface area contributed by atoms with Crippen LogP contribution in [0.4, 0.5) is 13.2 Å². The van der Waals surface area contributed by atoms with Crippen LogP contribution < -0.4 is 4.74 Å². The van der Waals surface area contributed by atoms with Crippen LogP contribution >= 0.6 is 0 Å². The fourth-order valence-corrected chi connectivity index (χ4v) is 1.19. The molecule has 0 radical (unpaired) electrons. The maximum atomic E-state index is 13.4. The minimum absolute atomic E-state index is 0.318. The van der Waals surface area contributed by atoms with E-state index in [1.54, 1.807) is 6.07 Å². The molecule has 1 rings (SSSR count). The van der Waals surface area contributed by atoms with E-state index in [9.17, 15) is 18.0 Å². The number of halogens is 3. The number of carboxylic acids is 1. The first-order chi connectivity index (χ1) is 8.45. The SMILES string of the molecule is N#Cc1ccc(F)c(/C=C/C(=O)O)c1OC(F)F. The third-order valence-corrected chi connectivity index (χ3v) is 1.86. The summed E-state index contributed by atoms with van der Waals surface area (Å²) in [6.45, 7) is -3.25. The van der Waals surface area contributed by atoms with Crippen molar-refractivity contribution in [2.24, 2.45) is 0 Å². The van der Waals surface area contributed by atoms with Crippen LogP contribution in [-0.2, 0) is 4.79 Å².